The van der Waals surface area contributed by atoms with Crippen molar-refractivity contribution >= 4 is 10.9 Å². The number of hydrogen-bond donors (Lipinski definition) is 2. The van der Waals surface area contributed by atoms with Crippen LogP contribution in [0.15, 0.2) is 30.5 Å². The molecule has 0 amide bonds. The number of nitrogens with one attached hydrogen (secondary N) is 1. The molecule has 2 aromatic rings. The van der Waals surface area contributed by atoms with Crippen LogP contribution in [0.3, 0.4) is 0 Å². The molecular formula is C15H23N3. The van der Waals surface area contributed by atoms with Crippen molar-refractivity contribution in [2.45, 2.75) is 20.4 Å². The van der Waals surface area contributed by atoms with Gasteiger partial charge in [-0.1, -0.05) is 32.0 Å². The average Bonchev–Trinajstić information content (AvgIpc) is 2.72. The molecule has 1 aromatic carbocycles. The minimum atomic E-state index is 0.168. The summed E-state index contributed by atoms with van der Waals surface area (Å²) in [5.74, 6) is 0. The molecule has 0 aliphatic rings. The van der Waals surface area contributed by atoms with E-state index in [9.17, 15) is 0 Å². The minimum Gasteiger partial charge on any atom is -0.361 e. The highest BCUT2D eigenvalue weighted by atomic mass is 15.1. The molecule has 0 bridgehead atoms. The number of hydrogen-bond acceptors (Lipinski definition) is 2. The topological polar surface area (TPSA) is 45.0 Å². The van der Waals surface area contributed by atoms with Gasteiger partial charge in [0.25, 0.3) is 0 Å². The number of para-hydroxylation sites is 1. The molecule has 1 heterocycles. The van der Waals surface area contributed by atoms with Gasteiger partial charge >= 0.3 is 0 Å². The molecule has 2 rings (SSSR count). The Morgan fingerprint density at radius 2 is 2.00 bits per heavy atom. The third-order valence-corrected chi connectivity index (χ3v) is 3.37. The first-order valence-electron chi connectivity index (χ1n) is 6.45. The molecule has 3 nitrogen and oxygen atoms in total. The minimum absolute atomic E-state index is 0.168. The maximum Gasteiger partial charge on any atom is 0.0457 e. The van der Waals surface area contributed by atoms with Gasteiger partial charge in [-0.2, -0.15) is 0 Å². The quantitative estimate of drug-likeness (QED) is 0.850. The van der Waals surface area contributed by atoms with Crippen molar-refractivity contribution in [2.24, 2.45) is 11.1 Å². The number of H-pyrrole nitrogens is 1. The van der Waals surface area contributed by atoms with Gasteiger partial charge in [0.2, 0.25) is 0 Å². The monoisotopic (exact) mass is 245 g/mol. The lowest BCUT2D eigenvalue weighted by molar-refractivity contribution is 0.210. The second-order valence-corrected chi connectivity index (χ2v) is 5.90. The molecule has 0 saturated carbocycles. The Labute approximate surface area is 109 Å². The Kier molecular flexibility index (Phi) is 3.73. The smallest absolute Gasteiger partial charge is 0.0457 e. The third-order valence-electron chi connectivity index (χ3n) is 3.37. The Morgan fingerprint density at radius 1 is 1.28 bits per heavy atom. The van der Waals surface area contributed by atoms with Gasteiger partial charge in [0.1, 0.15) is 0 Å². The van der Waals surface area contributed by atoms with Crippen LogP contribution < -0.4 is 5.73 Å². The second-order valence-electron chi connectivity index (χ2n) is 5.90. The Bertz CT molecular complexity index is 513. The van der Waals surface area contributed by atoms with Crippen molar-refractivity contribution in [1.82, 2.24) is 9.88 Å². The van der Waals surface area contributed by atoms with E-state index in [4.69, 9.17) is 5.73 Å². The van der Waals surface area contributed by atoms with E-state index in [2.05, 4.69) is 61.2 Å². The summed E-state index contributed by atoms with van der Waals surface area (Å²) >= 11 is 0. The largest absolute Gasteiger partial charge is 0.361 e. The predicted molar refractivity (Wildman–Crippen MR) is 77.5 cm³/mol. The fraction of sp³-hybridized carbons (Fsp3) is 0.467. The lowest BCUT2D eigenvalue weighted by Crippen LogP contribution is -2.36. The Hall–Kier alpha value is -1.32. The van der Waals surface area contributed by atoms with Gasteiger partial charge in [-0.25, -0.2) is 0 Å². The highest BCUT2D eigenvalue weighted by Gasteiger charge is 2.18. The van der Waals surface area contributed by atoms with E-state index in [1.165, 1.54) is 16.5 Å². The maximum absolute atomic E-state index is 5.79. The average molecular weight is 245 g/mol. The van der Waals surface area contributed by atoms with Crippen molar-refractivity contribution in [2.75, 3.05) is 20.1 Å². The van der Waals surface area contributed by atoms with Gasteiger partial charge in [0.05, 0.1) is 0 Å². The molecule has 0 radical (unpaired) electrons. The number of nitrogens with two attached hydrogens (primary N) is 1. The number of fused-ring (bicyclic) bond motifs is 1. The first-order valence-corrected chi connectivity index (χ1v) is 6.45. The molecule has 0 aliphatic carbocycles. The number of benzene rings is 1. The summed E-state index contributed by atoms with van der Waals surface area (Å²) in [4.78, 5) is 5.65. The summed E-state index contributed by atoms with van der Waals surface area (Å²) < 4.78 is 0. The summed E-state index contributed by atoms with van der Waals surface area (Å²) in [7, 11) is 2.15. The molecule has 18 heavy (non-hydrogen) atoms. The van der Waals surface area contributed by atoms with Crippen molar-refractivity contribution in [3.8, 4) is 0 Å². The molecule has 98 valence electrons. The van der Waals surface area contributed by atoms with Crippen LogP contribution in [0.4, 0.5) is 0 Å². The SMILES string of the molecule is CN(Cc1c[nH]c2ccccc12)CC(C)(C)CN. The van der Waals surface area contributed by atoms with Crippen LogP contribution in [-0.2, 0) is 6.54 Å². The molecule has 0 aliphatic heterocycles. The number of aromatic amines is 1. The first-order chi connectivity index (χ1) is 8.52. The van der Waals surface area contributed by atoms with E-state index >= 15 is 0 Å². The molecule has 0 atom stereocenters. The zero-order valence-electron chi connectivity index (χ0n) is 11.5. The summed E-state index contributed by atoms with van der Waals surface area (Å²) in [6.07, 6.45) is 2.11. The third kappa shape index (κ3) is 2.92. The predicted octanol–water partition coefficient (Wildman–Crippen LogP) is 2.58. The van der Waals surface area contributed by atoms with Crippen molar-refractivity contribution in [3.05, 3.63) is 36.0 Å². The van der Waals surface area contributed by atoms with Crippen LogP contribution in [0, 0.1) is 5.41 Å². The van der Waals surface area contributed by atoms with E-state index in [1.54, 1.807) is 0 Å². The zero-order chi connectivity index (χ0) is 13.2. The Balaban J connectivity index is 2.09. The molecule has 0 fully saturated rings. The van der Waals surface area contributed by atoms with E-state index in [1.807, 2.05) is 0 Å². The van der Waals surface area contributed by atoms with Gasteiger partial charge in [0, 0.05) is 30.2 Å². The summed E-state index contributed by atoms with van der Waals surface area (Å²) in [5, 5.41) is 1.31. The van der Waals surface area contributed by atoms with E-state index < -0.39 is 0 Å². The highest BCUT2D eigenvalue weighted by molar-refractivity contribution is 5.82. The number of aromatic nitrogens is 1. The van der Waals surface area contributed by atoms with Crippen LogP contribution in [0.1, 0.15) is 19.4 Å². The Morgan fingerprint density at radius 3 is 2.72 bits per heavy atom. The molecule has 3 N–H and O–H groups in total. The van der Waals surface area contributed by atoms with E-state index in [0.29, 0.717) is 6.54 Å². The van der Waals surface area contributed by atoms with Gasteiger partial charge in [-0.05, 0) is 30.6 Å². The normalized spacial score (nSPS) is 12.5. The maximum atomic E-state index is 5.79. The van der Waals surface area contributed by atoms with Crippen LogP contribution in [0.2, 0.25) is 0 Å². The van der Waals surface area contributed by atoms with E-state index in [0.717, 1.165) is 13.1 Å². The molecular weight excluding hydrogens is 222 g/mol. The highest BCUT2D eigenvalue weighted by Crippen LogP contribution is 2.21. The summed E-state index contributed by atoms with van der Waals surface area (Å²) in [6, 6.07) is 8.43. The fourth-order valence-electron chi connectivity index (χ4n) is 2.40. The van der Waals surface area contributed by atoms with Gasteiger partial charge in [-0.15, -0.1) is 0 Å². The standard InChI is InChI=1S/C15H23N3/c1-15(2,10-16)11-18(3)9-12-8-17-14-7-5-4-6-13(12)14/h4-8,17H,9-11,16H2,1-3H3. The van der Waals surface area contributed by atoms with Gasteiger partial charge in [-0.3, -0.25) is 0 Å². The number of nitrogens with zero attached hydrogens (tertiary/aromatic N) is 1. The van der Waals surface area contributed by atoms with Crippen LogP contribution in [0.25, 0.3) is 10.9 Å². The van der Waals surface area contributed by atoms with Crippen molar-refractivity contribution in [3.63, 3.8) is 0 Å². The van der Waals surface area contributed by atoms with Gasteiger partial charge in [0.15, 0.2) is 0 Å². The lowest BCUT2D eigenvalue weighted by Gasteiger charge is -2.28. The zero-order valence-corrected chi connectivity index (χ0v) is 11.5. The molecule has 1 aromatic heterocycles. The molecule has 3 heteroatoms. The molecule has 0 saturated heterocycles. The van der Waals surface area contributed by atoms with Gasteiger partial charge < -0.3 is 15.6 Å². The summed E-state index contributed by atoms with van der Waals surface area (Å²) in [5.41, 5.74) is 8.51. The second kappa shape index (κ2) is 5.12. The fourth-order valence-corrected chi connectivity index (χ4v) is 2.40. The van der Waals surface area contributed by atoms with E-state index in [-0.39, 0.29) is 5.41 Å². The molecule has 0 spiro atoms. The first kappa shape index (κ1) is 13.1. The van der Waals surface area contributed by atoms with Crippen LogP contribution in [-0.4, -0.2) is 30.0 Å². The van der Waals surface area contributed by atoms with Crippen molar-refractivity contribution in [1.29, 1.82) is 0 Å². The molecule has 0 unspecified atom stereocenters. The lowest BCUT2D eigenvalue weighted by atomic mass is 9.93. The van der Waals surface area contributed by atoms with Crippen molar-refractivity contribution < 1.29 is 0 Å². The number of rotatable bonds is 5. The van der Waals surface area contributed by atoms with Crippen LogP contribution in [0.5, 0.6) is 0 Å². The summed E-state index contributed by atoms with van der Waals surface area (Å²) in [6.45, 7) is 7.08. The van der Waals surface area contributed by atoms with Crippen LogP contribution >= 0.6 is 0 Å².